The zero-order valence-corrected chi connectivity index (χ0v) is 22.7. The molecule has 1 saturated carbocycles. The molecule has 11 nitrogen and oxygen atoms in total. The third-order valence-electron chi connectivity index (χ3n) is 6.91. The molecule has 4 atom stereocenters. The van der Waals surface area contributed by atoms with E-state index in [0.29, 0.717) is 37.0 Å². The number of benzene rings is 1. The van der Waals surface area contributed by atoms with Crippen molar-refractivity contribution in [3.8, 4) is 0 Å². The van der Waals surface area contributed by atoms with Crippen LogP contribution in [0.5, 0.6) is 0 Å². The Morgan fingerprint density at radius 2 is 1.88 bits per heavy atom. The van der Waals surface area contributed by atoms with Gasteiger partial charge in [0.15, 0.2) is 5.49 Å². The van der Waals surface area contributed by atoms with E-state index in [0.717, 1.165) is 24.5 Å². The lowest BCUT2D eigenvalue weighted by atomic mass is 9.85. The lowest BCUT2D eigenvalue weighted by molar-refractivity contribution is -0.137. The average molecular weight is 567 g/mol. The highest BCUT2D eigenvalue weighted by molar-refractivity contribution is 5.85. The molecule has 1 aliphatic carbocycles. The molecule has 4 rings (SSSR count). The second-order valence-electron chi connectivity index (χ2n) is 11.1. The number of aromatic nitrogens is 2. The van der Waals surface area contributed by atoms with E-state index in [1.807, 2.05) is 0 Å². The normalized spacial score (nSPS) is 24.3. The molecule has 0 radical (unpaired) electrons. The Morgan fingerprint density at radius 1 is 1.15 bits per heavy atom. The second kappa shape index (κ2) is 11.0. The summed E-state index contributed by atoms with van der Waals surface area (Å²) in [4.78, 5) is 47.7. The SMILES string of the molecule is CC(=O)N[C@@H]1C[C@H](NC(=O)OC(C)(C)C)CC[C@@H]1N1CCC(N=c2ncn(O)c3ccc(C(F)(F)F)cc23)C1=O. The average Bonchev–Trinajstić information content (AvgIpc) is 3.18. The lowest BCUT2D eigenvalue weighted by Gasteiger charge is -2.41. The number of fused-ring (bicyclic) bond motifs is 1. The van der Waals surface area contributed by atoms with Crippen LogP contribution in [0.15, 0.2) is 29.5 Å². The summed E-state index contributed by atoms with van der Waals surface area (Å²) in [6.07, 6.45) is -2.43. The third kappa shape index (κ3) is 6.65. The number of carbonyl (C=O) groups is 3. The number of hydrogen-bond donors (Lipinski definition) is 3. The first-order valence-corrected chi connectivity index (χ1v) is 13.0. The Labute approximate surface area is 228 Å². The van der Waals surface area contributed by atoms with Crippen LogP contribution in [0.3, 0.4) is 0 Å². The van der Waals surface area contributed by atoms with Crippen molar-refractivity contribution in [2.75, 3.05) is 6.54 Å². The number of rotatable bonds is 4. The monoisotopic (exact) mass is 566 g/mol. The number of alkyl carbamates (subject to hydrolysis) is 1. The standard InChI is InChI=1S/C26H33F3N6O5/c1-14(36)31-19-12-16(32-24(38)40-25(2,3)4)6-8-21(19)34-10-9-18(23(34)37)33-22-17-11-15(26(27,28)29)5-7-20(17)35(39)13-30-22/h5,7,11,13,16,18-19,21,39H,6,8-10,12H2,1-4H3,(H,31,36)(H,32,38)/t16-,18?,19-,21+/m1/s1. The quantitative estimate of drug-likeness (QED) is 0.487. The first-order valence-electron chi connectivity index (χ1n) is 13.0. The van der Waals surface area contributed by atoms with Crippen LogP contribution in [0.1, 0.15) is 58.9 Å². The molecule has 218 valence electrons. The third-order valence-corrected chi connectivity index (χ3v) is 6.91. The van der Waals surface area contributed by atoms with Gasteiger partial charge in [-0.2, -0.15) is 17.9 Å². The number of nitrogens with zero attached hydrogens (tertiary/aromatic N) is 4. The van der Waals surface area contributed by atoms with Crippen molar-refractivity contribution in [1.82, 2.24) is 25.2 Å². The van der Waals surface area contributed by atoms with Crippen LogP contribution in [0.4, 0.5) is 18.0 Å². The molecule has 2 heterocycles. The molecule has 3 N–H and O–H groups in total. The van der Waals surface area contributed by atoms with Crippen LogP contribution in [0, 0.1) is 0 Å². The summed E-state index contributed by atoms with van der Waals surface area (Å²) in [6.45, 7) is 6.98. The molecule has 3 amide bonds. The largest absolute Gasteiger partial charge is 0.444 e. The van der Waals surface area contributed by atoms with Gasteiger partial charge < -0.3 is 25.5 Å². The van der Waals surface area contributed by atoms with E-state index in [2.05, 4.69) is 20.6 Å². The number of likely N-dealkylation sites (tertiary alicyclic amines) is 1. The summed E-state index contributed by atoms with van der Waals surface area (Å²) < 4.78 is 45.9. The van der Waals surface area contributed by atoms with Crippen LogP contribution in [-0.4, -0.2) is 74.0 Å². The van der Waals surface area contributed by atoms with Gasteiger partial charge in [0, 0.05) is 24.9 Å². The summed E-state index contributed by atoms with van der Waals surface area (Å²) >= 11 is 0. The van der Waals surface area contributed by atoms with Crippen molar-refractivity contribution in [3.05, 3.63) is 35.6 Å². The fourth-order valence-corrected chi connectivity index (χ4v) is 5.27. The summed E-state index contributed by atoms with van der Waals surface area (Å²) in [5.41, 5.74) is -1.62. The predicted octanol–water partition coefficient (Wildman–Crippen LogP) is 2.74. The number of halogens is 3. The highest BCUT2D eigenvalue weighted by atomic mass is 19.4. The highest BCUT2D eigenvalue weighted by Gasteiger charge is 2.42. The molecule has 1 saturated heterocycles. The van der Waals surface area contributed by atoms with Crippen molar-refractivity contribution in [2.24, 2.45) is 4.99 Å². The van der Waals surface area contributed by atoms with Gasteiger partial charge in [0.05, 0.1) is 23.2 Å². The molecule has 1 aromatic heterocycles. The van der Waals surface area contributed by atoms with Gasteiger partial charge in [-0.1, -0.05) is 0 Å². The molecule has 1 unspecified atom stereocenters. The van der Waals surface area contributed by atoms with Crippen molar-refractivity contribution in [2.45, 2.75) is 89.3 Å². The summed E-state index contributed by atoms with van der Waals surface area (Å²) in [7, 11) is 0. The van der Waals surface area contributed by atoms with Crippen LogP contribution in [-0.2, 0) is 20.5 Å². The highest BCUT2D eigenvalue weighted by Crippen LogP contribution is 2.31. The minimum Gasteiger partial charge on any atom is -0.444 e. The molecule has 2 aromatic rings. The van der Waals surface area contributed by atoms with E-state index in [1.54, 1.807) is 25.7 Å². The van der Waals surface area contributed by atoms with Crippen molar-refractivity contribution in [1.29, 1.82) is 0 Å². The van der Waals surface area contributed by atoms with Crippen LogP contribution < -0.4 is 16.1 Å². The molecule has 2 aliphatic rings. The Kier molecular flexibility index (Phi) is 7.99. The van der Waals surface area contributed by atoms with Gasteiger partial charge in [0.25, 0.3) is 0 Å². The van der Waals surface area contributed by atoms with E-state index in [4.69, 9.17) is 4.74 Å². The fraction of sp³-hybridized carbons (Fsp3) is 0.577. The Balaban J connectivity index is 1.55. The van der Waals surface area contributed by atoms with Crippen molar-refractivity contribution < 1.29 is 37.5 Å². The molecular formula is C26H33F3N6O5. The van der Waals surface area contributed by atoms with E-state index >= 15 is 0 Å². The molecule has 2 fully saturated rings. The Hall–Kier alpha value is -3.84. The molecule has 1 aromatic carbocycles. The molecule has 0 bridgehead atoms. The lowest BCUT2D eigenvalue weighted by Crippen LogP contribution is -2.58. The van der Waals surface area contributed by atoms with Gasteiger partial charge in [-0.3, -0.25) is 14.6 Å². The number of ether oxygens (including phenoxy) is 1. The summed E-state index contributed by atoms with van der Waals surface area (Å²) in [6, 6.07) is 0.847. The number of carbonyl (C=O) groups excluding carboxylic acids is 3. The zero-order chi connectivity index (χ0) is 29.4. The summed E-state index contributed by atoms with van der Waals surface area (Å²) in [5, 5.41) is 15.7. The number of alkyl halides is 3. The maximum Gasteiger partial charge on any atom is 0.416 e. The second-order valence-corrected chi connectivity index (χ2v) is 11.1. The first-order chi connectivity index (χ1) is 18.6. The smallest absolute Gasteiger partial charge is 0.416 e. The molecule has 14 heteroatoms. The maximum atomic E-state index is 13.5. The number of nitrogens with one attached hydrogen (secondary N) is 2. The van der Waals surface area contributed by atoms with Gasteiger partial charge in [-0.25, -0.2) is 9.78 Å². The van der Waals surface area contributed by atoms with E-state index < -0.39 is 35.5 Å². The predicted molar refractivity (Wildman–Crippen MR) is 136 cm³/mol. The van der Waals surface area contributed by atoms with Crippen molar-refractivity contribution in [3.63, 3.8) is 0 Å². The maximum absolute atomic E-state index is 13.5. The molecule has 1 aliphatic heterocycles. The topological polar surface area (TPSA) is 138 Å². The minimum absolute atomic E-state index is 0.0454. The van der Waals surface area contributed by atoms with Gasteiger partial charge >= 0.3 is 12.3 Å². The van der Waals surface area contributed by atoms with Gasteiger partial charge in [0.2, 0.25) is 11.8 Å². The van der Waals surface area contributed by atoms with E-state index in [9.17, 15) is 32.8 Å². The minimum atomic E-state index is -4.61. The number of amides is 3. The van der Waals surface area contributed by atoms with Crippen LogP contribution >= 0.6 is 0 Å². The molecule has 40 heavy (non-hydrogen) atoms. The van der Waals surface area contributed by atoms with Crippen LogP contribution in [0.25, 0.3) is 10.9 Å². The zero-order valence-electron chi connectivity index (χ0n) is 22.7. The molecule has 0 spiro atoms. The van der Waals surface area contributed by atoms with E-state index in [-0.39, 0.29) is 40.3 Å². The van der Waals surface area contributed by atoms with E-state index in [1.165, 1.54) is 6.92 Å². The first kappa shape index (κ1) is 29.2. The Bertz CT molecular complexity index is 1370. The fourth-order valence-electron chi connectivity index (χ4n) is 5.27. The molecular weight excluding hydrogens is 533 g/mol. The van der Waals surface area contributed by atoms with Gasteiger partial charge in [-0.15, -0.1) is 0 Å². The van der Waals surface area contributed by atoms with Gasteiger partial charge in [0.1, 0.15) is 18.0 Å². The number of hydrogen-bond acceptors (Lipinski definition) is 7. The van der Waals surface area contributed by atoms with Gasteiger partial charge in [-0.05, 0) is 64.7 Å². The van der Waals surface area contributed by atoms with Crippen molar-refractivity contribution >= 4 is 28.8 Å². The van der Waals surface area contributed by atoms with Crippen LogP contribution in [0.2, 0.25) is 0 Å². The summed E-state index contributed by atoms with van der Waals surface area (Å²) in [5.74, 6) is -0.611. The Morgan fingerprint density at radius 3 is 2.52 bits per heavy atom.